The maximum absolute atomic E-state index is 13.4. The van der Waals surface area contributed by atoms with E-state index in [4.69, 9.17) is 0 Å². The summed E-state index contributed by atoms with van der Waals surface area (Å²) in [4.78, 5) is 64.6. The molecule has 8 nitrogen and oxygen atoms in total. The Bertz CT molecular complexity index is 1750. The molecule has 0 unspecified atom stereocenters. The average molecular weight is 475 g/mol. The Kier molecular flexibility index (Phi) is 4.90. The number of rotatable bonds is 1. The van der Waals surface area contributed by atoms with E-state index < -0.39 is 75.3 Å². The van der Waals surface area contributed by atoms with Gasteiger partial charge in [0, 0.05) is 10.8 Å². The van der Waals surface area contributed by atoms with E-state index >= 15 is 0 Å². The lowest BCUT2D eigenvalue weighted by atomic mass is 9.94. The first-order valence-electron chi connectivity index (χ1n) is 8.63. The van der Waals surface area contributed by atoms with Gasteiger partial charge in [0.1, 0.15) is 21.7 Å². The fraction of sp³-hybridized carbons (Fsp3) is 0.190. The Morgan fingerprint density at radius 2 is 1.23 bits per heavy atom. The van der Waals surface area contributed by atoms with Gasteiger partial charge in [-0.1, -0.05) is 0 Å². The monoisotopic (exact) mass is 474 g/mol. The van der Waals surface area contributed by atoms with Crippen molar-refractivity contribution < 1.29 is 20.1 Å². The number of hydrogen-bond donors (Lipinski definition) is 3. The number of carbonyl (C=O) groups excluding carboxylic acids is 1. The summed E-state index contributed by atoms with van der Waals surface area (Å²) in [7, 11) is 0. The molecule has 3 aliphatic rings. The molecule has 3 rings (SSSR count). The van der Waals surface area contributed by atoms with Crippen LogP contribution in [-0.4, -0.2) is 21.1 Å². The number of Topliss-reactive ketones (excluding diaryl/α,β-unsaturated/α-hetero) is 1. The number of aliphatic hydroxyl groups excluding tert-OH is 2. The van der Waals surface area contributed by atoms with Gasteiger partial charge in [-0.05, 0) is 49.2 Å². The molecule has 154 valence electrons. The lowest BCUT2D eigenvalue weighted by Gasteiger charge is -2.08. The zero-order valence-corrected chi connectivity index (χ0v) is 17.8. The predicted octanol–water partition coefficient (Wildman–Crippen LogP) is -0.196. The van der Waals surface area contributed by atoms with E-state index in [-0.39, 0.29) is 16.3 Å². The van der Waals surface area contributed by atoms with Crippen molar-refractivity contribution in [2.45, 2.75) is 27.7 Å². The fourth-order valence-corrected chi connectivity index (χ4v) is 4.29. The minimum atomic E-state index is -1.10. The van der Waals surface area contributed by atoms with E-state index in [1.807, 2.05) is 0 Å². The number of aromatic hydroxyl groups is 1. The summed E-state index contributed by atoms with van der Waals surface area (Å²) in [5.41, 5.74) is -4.30. The van der Waals surface area contributed by atoms with Gasteiger partial charge in [0.2, 0.25) is 16.3 Å². The van der Waals surface area contributed by atoms with Crippen LogP contribution in [0.15, 0.2) is 23.7 Å². The van der Waals surface area contributed by atoms with E-state index in [1.54, 1.807) is 0 Å². The van der Waals surface area contributed by atoms with Gasteiger partial charge in [0.25, 0.3) is 0 Å². The zero-order valence-electron chi connectivity index (χ0n) is 16.3. The van der Waals surface area contributed by atoms with Crippen molar-refractivity contribution in [3.05, 3.63) is 87.8 Å². The Morgan fingerprint density at radius 3 is 1.70 bits per heavy atom. The maximum atomic E-state index is 13.4. The van der Waals surface area contributed by atoms with Crippen LogP contribution in [0.4, 0.5) is 0 Å². The Balaban J connectivity index is 3.19. The van der Waals surface area contributed by atoms with E-state index in [2.05, 4.69) is 15.9 Å². The van der Waals surface area contributed by atoms with Gasteiger partial charge in [-0.15, -0.1) is 0 Å². The molecular formula is C21H15BrO8. The van der Waals surface area contributed by atoms with Gasteiger partial charge in [0.15, 0.2) is 11.2 Å². The van der Waals surface area contributed by atoms with E-state index in [0.29, 0.717) is 0 Å². The molecule has 30 heavy (non-hydrogen) atoms. The van der Waals surface area contributed by atoms with Crippen molar-refractivity contribution in [2.75, 3.05) is 0 Å². The SMILES string of the molecule is CC(=O)c1c(C)/c(=C(/C)O)c(=O)c2c(=O)c3c(O)c(Br)c(=O)/c(=C(\C)O)c=3c(=O)c1=2. The summed E-state index contributed by atoms with van der Waals surface area (Å²) in [6.07, 6.45) is 0. The maximum Gasteiger partial charge on any atom is 0.207 e. The van der Waals surface area contributed by atoms with E-state index in [0.717, 1.165) is 13.8 Å². The number of aliphatic hydroxyl groups is 2. The van der Waals surface area contributed by atoms with Crippen molar-refractivity contribution in [1.82, 2.24) is 0 Å². The van der Waals surface area contributed by atoms with Crippen molar-refractivity contribution in [2.24, 2.45) is 0 Å². The third-order valence-electron chi connectivity index (χ3n) is 5.06. The molecule has 0 fully saturated rings. The van der Waals surface area contributed by atoms with Crippen LogP contribution in [0.5, 0.6) is 5.75 Å². The quantitative estimate of drug-likeness (QED) is 0.411. The first-order chi connectivity index (χ1) is 13.8. The molecule has 0 saturated carbocycles. The van der Waals surface area contributed by atoms with Crippen LogP contribution in [-0.2, 0) is 0 Å². The molecule has 0 aromatic carbocycles. The highest BCUT2D eigenvalue weighted by atomic mass is 79.9. The molecule has 0 heterocycles. The largest absolute Gasteiger partial charge is 0.512 e. The van der Waals surface area contributed by atoms with Crippen LogP contribution in [0.2, 0.25) is 0 Å². The Hall–Kier alpha value is -3.33. The fourth-order valence-electron chi connectivity index (χ4n) is 3.89. The number of halogens is 1. The summed E-state index contributed by atoms with van der Waals surface area (Å²) in [6, 6.07) is 0. The van der Waals surface area contributed by atoms with Gasteiger partial charge in [-0.3, -0.25) is 24.0 Å². The zero-order chi connectivity index (χ0) is 22.8. The lowest BCUT2D eigenvalue weighted by molar-refractivity contribution is 0.101. The second kappa shape index (κ2) is 6.88. The van der Waals surface area contributed by atoms with Crippen molar-refractivity contribution in [3.63, 3.8) is 0 Å². The third kappa shape index (κ3) is 2.62. The van der Waals surface area contributed by atoms with Gasteiger partial charge in [-0.2, -0.15) is 0 Å². The van der Waals surface area contributed by atoms with Gasteiger partial charge in [-0.25, -0.2) is 0 Å². The minimum Gasteiger partial charge on any atom is -0.512 e. The molecule has 0 radical (unpaired) electrons. The van der Waals surface area contributed by atoms with Gasteiger partial charge < -0.3 is 15.3 Å². The van der Waals surface area contributed by atoms with Crippen LogP contribution < -0.4 is 32.2 Å². The topological polar surface area (TPSA) is 146 Å². The molecule has 0 amide bonds. The number of ketones is 1. The summed E-state index contributed by atoms with van der Waals surface area (Å²) in [5, 5.41) is 27.1. The molecule has 0 saturated heterocycles. The molecule has 0 aliphatic heterocycles. The van der Waals surface area contributed by atoms with Crippen LogP contribution in [0.25, 0.3) is 11.5 Å². The van der Waals surface area contributed by atoms with Crippen LogP contribution in [0.3, 0.4) is 0 Å². The smallest absolute Gasteiger partial charge is 0.207 e. The highest BCUT2D eigenvalue weighted by Crippen LogP contribution is 2.18. The lowest BCUT2D eigenvalue weighted by Crippen LogP contribution is -2.41. The first-order valence-corrected chi connectivity index (χ1v) is 9.42. The van der Waals surface area contributed by atoms with Crippen LogP contribution >= 0.6 is 15.9 Å². The highest BCUT2D eigenvalue weighted by molar-refractivity contribution is 9.10. The van der Waals surface area contributed by atoms with Crippen molar-refractivity contribution in [1.29, 1.82) is 0 Å². The molecular weight excluding hydrogens is 460 g/mol. The second-order valence-corrected chi connectivity index (χ2v) is 7.75. The minimum absolute atomic E-state index is 0.00535. The third-order valence-corrected chi connectivity index (χ3v) is 5.79. The molecule has 0 bridgehead atoms. The molecule has 0 spiro atoms. The summed E-state index contributed by atoms with van der Waals surface area (Å²) in [6.45, 7) is 4.79. The van der Waals surface area contributed by atoms with E-state index in [1.165, 1.54) is 13.8 Å². The Labute approximate surface area is 174 Å². The van der Waals surface area contributed by atoms with Gasteiger partial charge >= 0.3 is 0 Å². The number of carbonyl (C=O) groups is 1. The van der Waals surface area contributed by atoms with E-state index in [9.17, 15) is 39.3 Å². The number of hydrogen-bond acceptors (Lipinski definition) is 8. The van der Waals surface area contributed by atoms with Crippen LogP contribution in [0, 0.1) is 27.8 Å². The van der Waals surface area contributed by atoms with Crippen molar-refractivity contribution >= 4 is 33.2 Å². The predicted molar refractivity (Wildman–Crippen MR) is 111 cm³/mol. The molecule has 3 aliphatic carbocycles. The second-order valence-electron chi connectivity index (χ2n) is 6.96. The normalized spacial score (nSPS) is 13.6. The molecule has 3 N–H and O–H groups in total. The Morgan fingerprint density at radius 1 is 0.733 bits per heavy atom. The highest BCUT2D eigenvalue weighted by Gasteiger charge is 2.23. The molecule has 9 heteroatoms. The van der Waals surface area contributed by atoms with Crippen LogP contribution in [0.1, 0.15) is 36.7 Å². The molecule has 0 atom stereocenters. The van der Waals surface area contributed by atoms with Gasteiger partial charge in [0.05, 0.1) is 26.1 Å². The standard InChI is InChI=1S/C21H15BrO8/c1-5-9(6(2)23)12-14(17(26)10(5)7(3)24)19(28)15-13(18(12)27)11(8(4)25)20(29)16(22)21(15)30/h24-25,30H,1-4H3/b10-7+,11-8+. The summed E-state index contributed by atoms with van der Waals surface area (Å²) < 4.78 is -0.467. The van der Waals surface area contributed by atoms with Crippen molar-refractivity contribution in [3.8, 4) is 5.75 Å². The summed E-state index contributed by atoms with van der Waals surface area (Å²) >= 11 is 2.84. The average Bonchev–Trinajstić information content (AvgIpc) is 2.62. The molecule has 0 aromatic rings. The summed E-state index contributed by atoms with van der Waals surface area (Å²) in [5.74, 6) is -2.54. The first kappa shape index (κ1) is 21.4. The molecule has 0 aromatic heterocycles.